The van der Waals surface area contributed by atoms with Crippen molar-refractivity contribution in [2.75, 3.05) is 0 Å². The highest BCUT2D eigenvalue weighted by molar-refractivity contribution is 7.10. The number of hydrogen-bond acceptors (Lipinski definition) is 5. The van der Waals surface area contributed by atoms with E-state index in [2.05, 4.69) is 47.6 Å². The molecule has 0 N–H and O–H groups in total. The fraction of sp³-hybridized carbons (Fsp3) is 0.190. The first kappa shape index (κ1) is 16.7. The maximum absolute atomic E-state index is 5.43. The zero-order valence-corrected chi connectivity index (χ0v) is 15.8. The van der Waals surface area contributed by atoms with Crippen LogP contribution in [0.3, 0.4) is 0 Å². The van der Waals surface area contributed by atoms with Gasteiger partial charge in [-0.3, -0.25) is 0 Å². The van der Waals surface area contributed by atoms with Crippen LogP contribution in [0.4, 0.5) is 0 Å². The average Bonchev–Trinajstić information content (AvgIpc) is 3.28. The van der Waals surface area contributed by atoms with Crippen LogP contribution in [-0.2, 0) is 6.42 Å². The normalized spacial score (nSPS) is 11.0. The van der Waals surface area contributed by atoms with E-state index in [0.29, 0.717) is 18.1 Å². The van der Waals surface area contributed by atoms with Gasteiger partial charge in [0.25, 0.3) is 0 Å². The molecule has 2 aromatic carbocycles. The monoisotopic (exact) mass is 361 g/mol. The van der Waals surface area contributed by atoms with Gasteiger partial charge in [-0.15, -0.1) is 11.3 Å². The van der Waals surface area contributed by atoms with Gasteiger partial charge in [-0.1, -0.05) is 41.6 Å². The Kier molecular flexibility index (Phi) is 4.39. The third kappa shape index (κ3) is 3.30. The van der Waals surface area contributed by atoms with E-state index in [1.807, 2.05) is 31.2 Å². The molecule has 0 aliphatic carbocycles. The molecule has 130 valence electrons. The maximum Gasteiger partial charge on any atom is 0.233 e. The second-order valence-corrected chi connectivity index (χ2v) is 7.37. The molecule has 26 heavy (non-hydrogen) atoms. The highest BCUT2D eigenvalue weighted by atomic mass is 32.1. The molecule has 0 spiro atoms. The van der Waals surface area contributed by atoms with Gasteiger partial charge in [0.1, 0.15) is 5.01 Å². The van der Waals surface area contributed by atoms with Crippen LogP contribution in [0.5, 0.6) is 0 Å². The summed E-state index contributed by atoms with van der Waals surface area (Å²) in [6.45, 7) is 6.28. The summed E-state index contributed by atoms with van der Waals surface area (Å²) < 4.78 is 5.43. The van der Waals surface area contributed by atoms with Crippen LogP contribution in [-0.4, -0.2) is 15.1 Å². The van der Waals surface area contributed by atoms with Crippen LogP contribution in [0.15, 0.2) is 52.4 Å². The van der Waals surface area contributed by atoms with E-state index in [1.54, 1.807) is 11.3 Å². The van der Waals surface area contributed by atoms with Gasteiger partial charge < -0.3 is 4.52 Å². The molecule has 0 aliphatic heterocycles. The molecule has 0 amide bonds. The Hall–Kier alpha value is -2.79. The minimum absolute atomic E-state index is 0.550. The molecule has 2 heterocycles. The van der Waals surface area contributed by atoms with Crippen molar-refractivity contribution in [3.8, 4) is 22.6 Å². The molecule has 5 heteroatoms. The Morgan fingerprint density at radius 2 is 1.77 bits per heavy atom. The zero-order valence-electron chi connectivity index (χ0n) is 15.0. The molecule has 0 aliphatic rings. The fourth-order valence-electron chi connectivity index (χ4n) is 2.81. The lowest BCUT2D eigenvalue weighted by atomic mass is 10.1. The van der Waals surface area contributed by atoms with Crippen molar-refractivity contribution >= 4 is 11.3 Å². The number of aryl methyl sites for hydroxylation is 3. The summed E-state index contributed by atoms with van der Waals surface area (Å²) >= 11 is 1.62. The van der Waals surface area contributed by atoms with Gasteiger partial charge in [0.05, 0.1) is 12.1 Å². The fourth-order valence-corrected chi connectivity index (χ4v) is 3.61. The molecular weight excluding hydrogens is 342 g/mol. The Labute approximate surface area is 156 Å². The van der Waals surface area contributed by atoms with Crippen molar-refractivity contribution in [2.45, 2.75) is 27.2 Å². The van der Waals surface area contributed by atoms with E-state index in [4.69, 9.17) is 9.51 Å². The molecular formula is C21H19N3OS. The summed E-state index contributed by atoms with van der Waals surface area (Å²) in [7, 11) is 0. The molecule has 0 unspecified atom stereocenters. The van der Waals surface area contributed by atoms with Crippen LogP contribution >= 0.6 is 11.3 Å². The summed E-state index contributed by atoms with van der Waals surface area (Å²) in [5.74, 6) is 1.22. The summed E-state index contributed by atoms with van der Waals surface area (Å²) in [6, 6.07) is 14.5. The SMILES string of the molecule is Cc1ccc(-c2csc(Cc3nc(-c4ccccc4C)no3)n2)cc1C. The maximum atomic E-state index is 5.43. The van der Waals surface area contributed by atoms with Gasteiger partial charge in [-0.25, -0.2) is 4.98 Å². The number of aromatic nitrogens is 3. The van der Waals surface area contributed by atoms with E-state index < -0.39 is 0 Å². The van der Waals surface area contributed by atoms with Crippen molar-refractivity contribution in [1.82, 2.24) is 15.1 Å². The van der Waals surface area contributed by atoms with Crippen molar-refractivity contribution in [1.29, 1.82) is 0 Å². The lowest BCUT2D eigenvalue weighted by Gasteiger charge is -2.02. The lowest BCUT2D eigenvalue weighted by Crippen LogP contribution is -1.89. The first-order valence-corrected chi connectivity index (χ1v) is 9.39. The van der Waals surface area contributed by atoms with Gasteiger partial charge in [-0.2, -0.15) is 4.98 Å². The third-order valence-electron chi connectivity index (χ3n) is 4.51. The van der Waals surface area contributed by atoms with Gasteiger partial charge in [-0.05, 0) is 43.5 Å². The first-order valence-electron chi connectivity index (χ1n) is 8.51. The number of rotatable bonds is 4. The predicted molar refractivity (Wildman–Crippen MR) is 104 cm³/mol. The molecule has 0 bridgehead atoms. The molecule has 0 saturated carbocycles. The largest absolute Gasteiger partial charge is 0.339 e. The molecule has 4 aromatic rings. The van der Waals surface area contributed by atoms with Gasteiger partial charge in [0.2, 0.25) is 11.7 Å². The second-order valence-electron chi connectivity index (χ2n) is 6.43. The second kappa shape index (κ2) is 6.84. The summed E-state index contributed by atoms with van der Waals surface area (Å²) in [5.41, 5.74) is 6.83. The number of nitrogens with zero attached hydrogens (tertiary/aromatic N) is 3. The topological polar surface area (TPSA) is 51.8 Å². The molecule has 0 fully saturated rings. The number of hydrogen-bond donors (Lipinski definition) is 0. The highest BCUT2D eigenvalue weighted by Gasteiger charge is 2.13. The Morgan fingerprint density at radius 3 is 2.58 bits per heavy atom. The molecule has 4 rings (SSSR count). The minimum Gasteiger partial charge on any atom is -0.339 e. The van der Waals surface area contributed by atoms with Crippen LogP contribution in [0.1, 0.15) is 27.6 Å². The number of thiazole rings is 1. The zero-order chi connectivity index (χ0) is 18.1. The third-order valence-corrected chi connectivity index (χ3v) is 5.36. The van der Waals surface area contributed by atoms with E-state index >= 15 is 0 Å². The van der Waals surface area contributed by atoms with Crippen LogP contribution in [0, 0.1) is 20.8 Å². The Bertz CT molecular complexity index is 1060. The summed E-state index contributed by atoms with van der Waals surface area (Å²) in [5, 5.41) is 7.17. The Balaban J connectivity index is 1.55. The van der Waals surface area contributed by atoms with Gasteiger partial charge in [0.15, 0.2) is 0 Å². The van der Waals surface area contributed by atoms with E-state index in [9.17, 15) is 0 Å². The molecule has 0 saturated heterocycles. The van der Waals surface area contributed by atoms with Crippen LogP contribution in [0.2, 0.25) is 0 Å². The van der Waals surface area contributed by atoms with Crippen molar-refractivity contribution in [3.05, 3.63) is 75.4 Å². The quantitative estimate of drug-likeness (QED) is 0.490. The first-order chi connectivity index (χ1) is 12.6. The smallest absolute Gasteiger partial charge is 0.233 e. The van der Waals surface area contributed by atoms with E-state index in [-0.39, 0.29) is 0 Å². The lowest BCUT2D eigenvalue weighted by molar-refractivity contribution is 0.385. The Morgan fingerprint density at radius 1 is 0.923 bits per heavy atom. The number of benzene rings is 2. The standard InChI is InChI=1S/C21H19N3OS/c1-13-8-9-16(10-15(13)3)18-12-26-20(22-18)11-19-23-21(24-25-19)17-7-5-4-6-14(17)2/h4-10,12H,11H2,1-3H3. The predicted octanol–water partition coefficient (Wildman–Crippen LogP) is 5.38. The molecule has 4 nitrogen and oxygen atoms in total. The van der Waals surface area contributed by atoms with Crippen molar-refractivity contribution < 1.29 is 4.52 Å². The molecule has 2 aromatic heterocycles. The van der Waals surface area contributed by atoms with Crippen molar-refractivity contribution in [2.24, 2.45) is 0 Å². The minimum atomic E-state index is 0.550. The van der Waals surface area contributed by atoms with Gasteiger partial charge >= 0.3 is 0 Å². The van der Waals surface area contributed by atoms with Crippen molar-refractivity contribution in [3.63, 3.8) is 0 Å². The van der Waals surface area contributed by atoms with Gasteiger partial charge in [0, 0.05) is 16.5 Å². The highest BCUT2D eigenvalue weighted by Crippen LogP contribution is 2.26. The summed E-state index contributed by atoms with van der Waals surface area (Å²) in [4.78, 5) is 9.27. The molecule has 0 atom stereocenters. The van der Waals surface area contributed by atoms with Crippen LogP contribution < -0.4 is 0 Å². The van der Waals surface area contributed by atoms with E-state index in [1.165, 1.54) is 11.1 Å². The average molecular weight is 361 g/mol. The summed E-state index contributed by atoms with van der Waals surface area (Å²) in [6.07, 6.45) is 0.550. The van der Waals surface area contributed by atoms with E-state index in [0.717, 1.165) is 27.4 Å². The molecule has 0 radical (unpaired) electrons. The van der Waals surface area contributed by atoms with Crippen LogP contribution in [0.25, 0.3) is 22.6 Å².